The molecule has 1 aromatic carbocycles. The highest BCUT2D eigenvalue weighted by Gasteiger charge is 2.37. The molecule has 0 amide bonds. The largest absolute Gasteiger partial charge is 0.310 e. The first-order valence-electron chi connectivity index (χ1n) is 6.64. The fraction of sp³-hybridized carbons (Fsp3) is 0.600. The molecule has 0 aliphatic heterocycles. The lowest BCUT2D eigenvalue weighted by Crippen LogP contribution is -2.34. The van der Waals surface area contributed by atoms with Gasteiger partial charge in [0.1, 0.15) is 5.82 Å². The lowest BCUT2D eigenvalue weighted by molar-refractivity contribution is 0.225. The summed E-state index contributed by atoms with van der Waals surface area (Å²) in [5.74, 6) is -0.132. The predicted molar refractivity (Wildman–Crippen MR) is 69.4 cm³/mol. The van der Waals surface area contributed by atoms with E-state index >= 15 is 0 Å². The molecule has 2 heteroatoms. The van der Waals surface area contributed by atoms with Crippen molar-refractivity contribution >= 4 is 0 Å². The molecule has 0 spiro atoms. The molecular formula is C15H22FN. The molecule has 0 radical (unpaired) electrons. The van der Waals surface area contributed by atoms with E-state index in [2.05, 4.69) is 19.2 Å². The van der Waals surface area contributed by atoms with Crippen LogP contribution < -0.4 is 5.32 Å². The number of hydrogen-bond acceptors (Lipinski definition) is 1. The molecule has 1 aliphatic rings. The Morgan fingerprint density at radius 1 is 1.35 bits per heavy atom. The third-order valence-corrected chi connectivity index (χ3v) is 4.03. The summed E-state index contributed by atoms with van der Waals surface area (Å²) >= 11 is 0. The van der Waals surface area contributed by atoms with Crippen molar-refractivity contribution in [1.82, 2.24) is 5.32 Å². The zero-order chi connectivity index (χ0) is 12.3. The Kier molecular flexibility index (Phi) is 3.82. The Bertz CT molecular complexity index is 369. The molecule has 2 rings (SSSR count). The molecule has 0 heterocycles. The van der Waals surface area contributed by atoms with Crippen molar-refractivity contribution in [3.63, 3.8) is 0 Å². The molecule has 1 saturated carbocycles. The van der Waals surface area contributed by atoms with Crippen molar-refractivity contribution in [2.45, 2.75) is 45.6 Å². The fourth-order valence-electron chi connectivity index (χ4n) is 3.13. The average molecular weight is 235 g/mol. The maximum absolute atomic E-state index is 13.4. The van der Waals surface area contributed by atoms with Crippen molar-refractivity contribution in [3.8, 4) is 0 Å². The third kappa shape index (κ3) is 2.68. The van der Waals surface area contributed by atoms with Gasteiger partial charge in [-0.2, -0.15) is 0 Å². The van der Waals surface area contributed by atoms with Gasteiger partial charge in [-0.1, -0.05) is 38.8 Å². The zero-order valence-electron chi connectivity index (χ0n) is 10.8. The first-order valence-corrected chi connectivity index (χ1v) is 6.64. The van der Waals surface area contributed by atoms with E-state index in [-0.39, 0.29) is 17.3 Å². The summed E-state index contributed by atoms with van der Waals surface area (Å²) in [6, 6.07) is 7.33. The van der Waals surface area contributed by atoms with Gasteiger partial charge in [0.2, 0.25) is 0 Å². The van der Waals surface area contributed by atoms with Crippen LogP contribution in [0.5, 0.6) is 0 Å². The summed E-state index contributed by atoms with van der Waals surface area (Å²) in [5, 5.41) is 3.54. The van der Waals surface area contributed by atoms with Crippen LogP contribution in [-0.4, -0.2) is 6.54 Å². The van der Waals surface area contributed by atoms with Crippen LogP contribution in [0.15, 0.2) is 24.3 Å². The molecule has 0 bridgehead atoms. The Morgan fingerprint density at radius 3 is 2.65 bits per heavy atom. The van der Waals surface area contributed by atoms with Gasteiger partial charge in [0.15, 0.2) is 0 Å². The van der Waals surface area contributed by atoms with E-state index in [0.29, 0.717) is 0 Å². The summed E-state index contributed by atoms with van der Waals surface area (Å²) in [6.45, 7) is 5.37. The summed E-state index contributed by atoms with van der Waals surface area (Å²) in [4.78, 5) is 0. The van der Waals surface area contributed by atoms with Crippen LogP contribution in [0.2, 0.25) is 0 Å². The molecule has 0 aromatic heterocycles. The van der Waals surface area contributed by atoms with Crippen molar-refractivity contribution in [2.75, 3.05) is 6.54 Å². The standard InChI is InChI=1S/C15H22FN/c1-3-17-14(15(2)9-4-5-10-15)12-7-6-8-13(16)11-12/h6-8,11,14,17H,3-5,9-10H2,1-2H3. The number of benzene rings is 1. The molecule has 1 aliphatic carbocycles. The molecule has 1 atom stereocenters. The maximum Gasteiger partial charge on any atom is 0.123 e. The van der Waals surface area contributed by atoms with Crippen molar-refractivity contribution in [2.24, 2.45) is 5.41 Å². The Balaban J connectivity index is 2.28. The molecule has 1 nitrogen and oxygen atoms in total. The minimum absolute atomic E-state index is 0.132. The molecule has 17 heavy (non-hydrogen) atoms. The average Bonchev–Trinajstić information content (AvgIpc) is 2.74. The molecular weight excluding hydrogens is 213 g/mol. The zero-order valence-corrected chi connectivity index (χ0v) is 10.8. The molecule has 0 saturated heterocycles. The predicted octanol–water partition coefficient (Wildman–Crippen LogP) is 4.06. The van der Waals surface area contributed by atoms with Gasteiger partial charge in [0.05, 0.1) is 0 Å². The van der Waals surface area contributed by atoms with Gasteiger partial charge in [-0.15, -0.1) is 0 Å². The smallest absolute Gasteiger partial charge is 0.123 e. The van der Waals surface area contributed by atoms with Crippen molar-refractivity contribution in [1.29, 1.82) is 0 Å². The lowest BCUT2D eigenvalue weighted by Gasteiger charge is -2.35. The van der Waals surface area contributed by atoms with Crippen LogP contribution in [0.3, 0.4) is 0 Å². The minimum atomic E-state index is -0.132. The van der Waals surface area contributed by atoms with Crippen LogP contribution in [0.1, 0.15) is 51.1 Å². The van der Waals surface area contributed by atoms with Gasteiger partial charge in [0.25, 0.3) is 0 Å². The van der Waals surface area contributed by atoms with E-state index in [4.69, 9.17) is 0 Å². The topological polar surface area (TPSA) is 12.0 Å². The van der Waals surface area contributed by atoms with E-state index < -0.39 is 0 Å². The molecule has 1 aromatic rings. The van der Waals surface area contributed by atoms with E-state index in [1.54, 1.807) is 6.07 Å². The third-order valence-electron chi connectivity index (χ3n) is 4.03. The van der Waals surface area contributed by atoms with E-state index in [9.17, 15) is 4.39 Å². The van der Waals surface area contributed by atoms with Gasteiger partial charge in [-0.25, -0.2) is 4.39 Å². The first kappa shape index (κ1) is 12.6. The monoisotopic (exact) mass is 235 g/mol. The molecule has 94 valence electrons. The molecule has 1 unspecified atom stereocenters. The summed E-state index contributed by atoms with van der Waals surface area (Å²) in [7, 11) is 0. The van der Waals surface area contributed by atoms with E-state index in [1.807, 2.05) is 12.1 Å². The van der Waals surface area contributed by atoms with Crippen LogP contribution in [-0.2, 0) is 0 Å². The van der Waals surface area contributed by atoms with Crippen molar-refractivity contribution < 1.29 is 4.39 Å². The quantitative estimate of drug-likeness (QED) is 0.830. The molecule has 1 fully saturated rings. The summed E-state index contributed by atoms with van der Waals surface area (Å²) in [5.41, 5.74) is 1.38. The van der Waals surface area contributed by atoms with Crippen LogP contribution in [0, 0.1) is 11.2 Å². The highest BCUT2D eigenvalue weighted by Crippen LogP contribution is 2.47. The normalized spacial score (nSPS) is 20.4. The highest BCUT2D eigenvalue weighted by molar-refractivity contribution is 5.22. The van der Waals surface area contributed by atoms with Gasteiger partial charge in [0, 0.05) is 6.04 Å². The van der Waals surface area contributed by atoms with E-state index in [0.717, 1.165) is 12.1 Å². The second-order valence-electron chi connectivity index (χ2n) is 5.41. The Morgan fingerprint density at radius 2 is 2.06 bits per heavy atom. The summed E-state index contributed by atoms with van der Waals surface area (Å²) in [6.07, 6.45) is 5.07. The number of rotatable bonds is 4. The van der Waals surface area contributed by atoms with Gasteiger partial charge >= 0.3 is 0 Å². The van der Waals surface area contributed by atoms with Crippen LogP contribution in [0.25, 0.3) is 0 Å². The minimum Gasteiger partial charge on any atom is -0.310 e. The molecule has 1 N–H and O–H groups in total. The van der Waals surface area contributed by atoms with Crippen molar-refractivity contribution in [3.05, 3.63) is 35.6 Å². The maximum atomic E-state index is 13.4. The highest BCUT2D eigenvalue weighted by atomic mass is 19.1. The lowest BCUT2D eigenvalue weighted by atomic mass is 9.77. The summed E-state index contributed by atoms with van der Waals surface area (Å²) < 4.78 is 13.4. The van der Waals surface area contributed by atoms with Crippen LogP contribution in [0.4, 0.5) is 4.39 Å². The Hall–Kier alpha value is -0.890. The second-order valence-corrected chi connectivity index (χ2v) is 5.41. The van der Waals surface area contributed by atoms with Gasteiger partial charge < -0.3 is 5.32 Å². The second kappa shape index (κ2) is 5.18. The number of halogens is 1. The van der Waals surface area contributed by atoms with Crippen LogP contribution >= 0.6 is 0 Å². The SMILES string of the molecule is CCNC(c1cccc(F)c1)C1(C)CCCC1. The van der Waals surface area contributed by atoms with Gasteiger partial charge in [-0.3, -0.25) is 0 Å². The van der Waals surface area contributed by atoms with Gasteiger partial charge in [-0.05, 0) is 42.5 Å². The first-order chi connectivity index (χ1) is 8.15. The fourth-order valence-corrected chi connectivity index (χ4v) is 3.13. The number of hydrogen-bond donors (Lipinski definition) is 1. The number of nitrogens with one attached hydrogen (secondary N) is 1. The Labute approximate surface area is 103 Å². The van der Waals surface area contributed by atoms with E-state index in [1.165, 1.54) is 31.7 Å².